The van der Waals surface area contributed by atoms with Crippen LogP contribution in [-0.4, -0.2) is 64.0 Å². The summed E-state index contributed by atoms with van der Waals surface area (Å²) in [7, 11) is 0. The fourth-order valence-electron chi connectivity index (χ4n) is 3.50. The minimum atomic E-state index is -1.82. The molecule has 2 aliphatic heterocycles. The quantitative estimate of drug-likeness (QED) is 0.771. The molecule has 8 nitrogen and oxygen atoms in total. The number of aryl methyl sites for hydroxylation is 1. The molecule has 3 heterocycles. The number of hydrogen-bond acceptors (Lipinski definition) is 5. The lowest BCUT2D eigenvalue weighted by Crippen LogP contribution is -2.44. The molecule has 0 radical (unpaired) electrons. The summed E-state index contributed by atoms with van der Waals surface area (Å²) in [5.74, 6) is -0.987. The molecule has 0 aromatic carbocycles. The molecular weight excluding hydrogens is 352 g/mol. The molecule has 1 aromatic rings. The van der Waals surface area contributed by atoms with Gasteiger partial charge in [0.1, 0.15) is 11.5 Å². The lowest BCUT2D eigenvalue weighted by atomic mass is 9.94. The van der Waals surface area contributed by atoms with Crippen molar-refractivity contribution < 1.29 is 29.0 Å². The number of likely N-dealkylation sites (tertiary alicyclic amines) is 2. The maximum absolute atomic E-state index is 12.5. The Bertz CT molecular complexity index is 630. The van der Waals surface area contributed by atoms with Crippen LogP contribution in [0.5, 0.6) is 0 Å². The van der Waals surface area contributed by atoms with E-state index in [4.69, 9.17) is 24.2 Å². The fraction of sp³-hybridized carbons (Fsp3) is 0.632. The normalized spacial score (nSPS) is 18.5. The Morgan fingerprint density at radius 1 is 1.00 bits per heavy atom. The summed E-state index contributed by atoms with van der Waals surface area (Å²) in [6.45, 7) is 6.81. The van der Waals surface area contributed by atoms with Gasteiger partial charge in [0.25, 0.3) is 0 Å². The smallest absolute Gasteiger partial charge is 0.414 e. The average Bonchev–Trinajstić information content (AvgIpc) is 3.07. The largest absolute Gasteiger partial charge is 0.473 e. The molecule has 27 heavy (non-hydrogen) atoms. The molecule has 0 aliphatic carbocycles. The maximum Gasteiger partial charge on any atom is 0.414 e. The van der Waals surface area contributed by atoms with Gasteiger partial charge in [-0.15, -0.1) is 0 Å². The summed E-state index contributed by atoms with van der Waals surface area (Å²) in [5.41, 5.74) is 0. The predicted molar refractivity (Wildman–Crippen MR) is 97.1 cm³/mol. The average molecular weight is 380 g/mol. The maximum atomic E-state index is 12.5. The van der Waals surface area contributed by atoms with E-state index in [-0.39, 0.29) is 5.92 Å². The number of aliphatic carboxylic acids is 2. The molecule has 0 spiro atoms. The van der Waals surface area contributed by atoms with Crippen molar-refractivity contribution in [3.63, 3.8) is 0 Å². The van der Waals surface area contributed by atoms with Gasteiger partial charge in [0, 0.05) is 19.0 Å². The number of hydrogen-bond donors (Lipinski definition) is 2. The number of carbonyl (C=O) groups excluding carboxylic acids is 1. The molecule has 3 rings (SSSR count). The van der Waals surface area contributed by atoms with Crippen molar-refractivity contribution in [1.29, 1.82) is 0 Å². The zero-order valence-corrected chi connectivity index (χ0v) is 15.7. The first-order chi connectivity index (χ1) is 12.9. The van der Waals surface area contributed by atoms with E-state index in [2.05, 4.69) is 15.9 Å². The highest BCUT2D eigenvalue weighted by Crippen LogP contribution is 2.23. The van der Waals surface area contributed by atoms with E-state index in [9.17, 15) is 4.79 Å². The number of carboxylic acids is 2. The van der Waals surface area contributed by atoms with Crippen LogP contribution >= 0.6 is 0 Å². The van der Waals surface area contributed by atoms with E-state index in [0.717, 1.165) is 57.1 Å². The van der Waals surface area contributed by atoms with Crippen LogP contribution in [0.4, 0.5) is 0 Å². The Morgan fingerprint density at radius 2 is 1.59 bits per heavy atom. The zero-order valence-electron chi connectivity index (χ0n) is 15.7. The number of carboxylic acid groups (broad SMARTS) is 2. The molecule has 2 N–H and O–H groups in total. The van der Waals surface area contributed by atoms with Crippen molar-refractivity contribution in [2.45, 2.75) is 45.6 Å². The van der Waals surface area contributed by atoms with E-state index >= 15 is 0 Å². The number of nitrogens with zero attached hydrogens (tertiary/aromatic N) is 2. The molecule has 2 fully saturated rings. The van der Waals surface area contributed by atoms with Crippen molar-refractivity contribution in [3.05, 3.63) is 23.7 Å². The number of carbonyl (C=O) groups is 3. The van der Waals surface area contributed by atoms with E-state index in [0.29, 0.717) is 5.91 Å². The Kier molecular flexibility index (Phi) is 7.84. The monoisotopic (exact) mass is 380 g/mol. The highest BCUT2D eigenvalue weighted by atomic mass is 16.4. The molecule has 2 saturated heterocycles. The Balaban J connectivity index is 0.000000380. The van der Waals surface area contributed by atoms with E-state index in [1.807, 2.05) is 13.0 Å². The second-order valence-electron chi connectivity index (χ2n) is 7.06. The van der Waals surface area contributed by atoms with Crippen molar-refractivity contribution in [2.24, 2.45) is 5.92 Å². The first kappa shape index (κ1) is 21.0. The second-order valence-corrected chi connectivity index (χ2v) is 7.06. The molecule has 0 saturated carbocycles. The van der Waals surface area contributed by atoms with Gasteiger partial charge in [0.05, 0.1) is 6.54 Å². The van der Waals surface area contributed by atoms with E-state index in [1.54, 1.807) is 0 Å². The van der Waals surface area contributed by atoms with Gasteiger partial charge < -0.3 is 19.5 Å². The van der Waals surface area contributed by atoms with Crippen LogP contribution in [0.25, 0.3) is 0 Å². The van der Waals surface area contributed by atoms with Crippen molar-refractivity contribution >= 4 is 17.8 Å². The predicted octanol–water partition coefficient (Wildman–Crippen LogP) is 1.97. The van der Waals surface area contributed by atoms with Gasteiger partial charge in [-0.05, 0) is 64.3 Å². The summed E-state index contributed by atoms with van der Waals surface area (Å²) < 4.78 is 5.64. The van der Waals surface area contributed by atoms with Crippen molar-refractivity contribution in [3.8, 4) is 0 Å². The van der Waals surface area contributed by atoms with Crippen LogP contribution in [0.15, 0.2) is 16.5 Å². The number of piperidine rings is 2. The highest BCUT2D eigenvalue weighted by molar-refractivity contribution is 6.27. The Labute approximate surface area is 158 Å². The summed E-state index contributed by atoms with van der Waals surface area (Å²) in [4.78, 5) is 35.2. The first-order valence-corrected chi connectivity index (χ1v) is 9.39. The zero-order chi connectivity index (χ0) is 19.8. The van der Waals surface area contributed by atoms with Crippen LogP contribution in [0, 0.1) is 12.8 Å². The topological polar surface area (TPSA) is 111 Å². The van der Waals surface area contributed by atoms with Crippen LogP contribution in [-0.2, 0) is 20.9 Å². The van der Waals surface area contributed by atoms with Crippen LogP contribution in [0.2, 0.25) is 0 Å². The van der Waals surface area contributed by atoms with Crippen LogP contribution < -0.4 is 0 Å². The molecule has 0 unspecified atom stereocenters. The minimum absolute atomic E-state index is 0.248. The molecule has 8 heteroatoms. The molecule has 150 valence electrons. The standard InChI is InChI=1S/C17H26N2O2.C2H2O4/c1-14-5-6-16(21-14)13-18-11-7-15(8-12-18)17(20)19-9-3-2-4-10-19;3-1(4)2(5)6/h5-6,15H,2-4,7-13H2,1H3;(H,3,4)(H,5,6). The van der Waals surface area contributed by atoms with Crippen LogP contribution in [0.1, 0.15) is 43.6 Å². The summed E-state index contributed by atoms with van der Waals surface area (Å²) in [6.07, 6.45) is 5.64. The van der Waals surface area contributed by atoms with Crippen molar-refractivity contribution in [1.82, 2.24) is 9.80 Å². The second kappa shape index (κ2) is 10.1. The van der Waals surface area contributed by atoms with Crippen molar-refractivity contribution in [2.75, 3.05) is 26.2 Å². The molecule has 1 amide bonds. The van der Waals surface area contributed by atoms with Gasteiger partial charge in [-0.2, -0.15) is 0 Å². The van der Waals surface area contributed by atoms with Crippen LogP contribution in [0.3, 0.4) is 0 Å². The van der Waals surface area contributed by atoms with Gasteiger partial charge in [0.2, 0.25) is 5.91 Å². The summed E-state index contributed by atoms with van der Waals surface area (Å²) in [5, 5.41) is 14.8. The SMILES string of the molecule is Cc1ccc(CN2CCC(C(=O)N3CCCCC3)CC2)o1.O=C(O)C(=O)O. The number of rotatable bonds is 3. The van der Waals surface area contributed by atoms with Gasteiger partial charge in [-0.25, -0.2) is 9.59 Å². The van der Waals surface area contributed by atoms with Gasteiger partial charge in [0.15, 0.2) is 0 Å². The molecule has 0 atom stereocenters. The summed E-state index contributed by atoms with van der Waals surface area (Å²) >= 11 is 0. The lowest BCUT2D eigenvalue weighted by molar-refractivity contribution is -0.159. The van der Waals surface area contributed by atoms with E-state index < -0.39 is 11.9 Å². The Hall–Kier alpha value is -2.35. The minimum Gasteiger partial charge on any atom is -0.473 e. The summed E-state index contributed by atoms with van der Waals surface area (Å²) in [6, 6.07) is 4.07. The lowest BCUT2D eigenvalue weighted by Gasteiger charge is -2.35. The third kappa shape index (κ3) is 6.71. The van der Waals surface area contributed by atoms with Gasteiger partial charge >= 0.3 is 11.9 Å². The number of amides is 1. The fourth-order valence-corrected chi connectivity index (χ4v) is 3.50. The molecule has 2 aliphatic rings. The molecular formula is C19H28N2O6. The third-order valence-corrected chi connectivity index (χ3v) is 4.96. The molecule has 0 bridgehead atoms. The van der Waals surface area contributed by atoms with E-state index in [1.165, 1.54) is 19.3 Å². The first-order valence-electron chi connectivity index (χ1n) is 9.39. The highest BCUT2D eigenvalue weighted by Gasteiger charge is 2.29. The van der Waals surface area contributed by atoms with Gasteiger partial charge in [-0.1, -0.05) is 0 Å². The van der Waals surface area contributed by atoms with Gasteiger partial charge in [-0.3, -0.25) is 9.69 Å². The Morgan fingerprint density at radius 3 is 2.07 bits per heavy atom. The third-order valence-electron chi connectivity index (χ3n) is 4.96. The number of furan rings is 1. The molecule has 1 aromatic heterocycles.